The van der Waals surface area contributed by atoms with Gasteiger partial charge in [-0.15, -0.1) is 0 Å². The molecule has 0 radical (unpaired) electrons. The highest BCUT2D eigenvalue weighted by Crippen LogP contribution is 2.33. The van der Waals surface area contributed by atoms with Crippen molar-refractivity contribution < 1.29 is 0 Å². The van der Waals surface area contributed by atoms with Crippen molar-refractivity contribution in [2.75, 3.05) is 6.54 Å². The van der Waals surface area contributed by atoms with Crippen molar-refractivity contribution in [3.63, 3.8) is 0 Å². The van der Waals surface area contributed by atoms with Gasteiger partial charge in [0.05, 0.1) is 0 Å². The first kappa shape index (κ1) is 12.2. The van der Waals surface area contributed by atoms with Crippen LogP contribution in [-0.2, 0) is 6.54 Å². The lowest BCUT2D eigenvalue weighted by Gasteiger charge is -2.08. The Balaban J connectivity index is 1.71. The Morgan fingerprint density at radius 1 is 1.19 bits per heavy atom. The maximum Gasteiger partial charge on any atom is 0.0465 e. The van der Waals surface area contributed by atoms with E-state index in [1.165, 1.54) is 25.7 Å². The van der Waals surface area contributed by atoms with E-state index in [4.69, 9.17) is 23.2 Å². The Morgan fingerprint density at radius 2 is 1.88 bits per heavy atom. The molecule has 1 saturated carbocycles. The summed E-state index contributed by atoms with van der Waals surface area (Å²) in [4.78, 5) is 0. The topological polar surface area (TPSA) is 12.0 Å². The summed E-state index contributed by atoms with van der Waals surface area (Å²) >= 11 is 12.2. The highest BCUT2D eigenvalue weighted by Gasteiger charge is 2.19. The van der Waals surface area contributed by atoms with Gasteiger partial charge in [-0.2, -0.15) is 0 Å². The minimum Gasteiger partial charge on any atom is -0.313 e. The van der Waals surface area contributed by atoms with Gasteiger partial charge in [-0.05, 0) is 37.4 Å². The van der Waals surface area contributed by atoms with Crippen molar-refractivity contribution in [1.29, 1.82) is 0 Å². The maximum absolute atomic E-state index is 6.08. The molecular weight excluding hydrogens is 241 g/mol. The number of hydrogen-bond donors (Lipinski definition) is 1. The number of halogens is 2. The molecule has 0 saturated heterocycles. The molecule has 1 aliphatic rings. The van der Waals surface area contributed by atoms with Crippen LogP contribution in [0, 0.1) is 5.92 Å². The van der Waals surface area contributed by atoms with Crippen LogP contribution in [0.1, 0.15) is 31.2 Å². The van der Waals surface area contributed by atoms with Crippen LogP contribution in [0.2, 0.25) is 10.0 Å². The standard InChI is InChI=1S/C13H17Cl2N/c14-12-4-1-5-13(15)11(12)9-16-8-2-3-10-6-7-10/h1,4-5,10,16H,2-3,6-9H2. The fourth-order valence-electron chi connectivity index (χ4n) is 1.84. The Morgan fingerprint density at radius 3 is 2.50 bits per heavy atom. The van der Waals surface area contributed by atoms with E-state index in [0.29, 0.717) is 0 Å². The molecule has 0 aliphatic heterocycles. The van der Waals surface area contributed by atoms with Crippen LogP contribution in [-0.4, -0.2) is 6.54 Å². The average molecular weight is 258 g/mol. The molecule has 1 aromatic carbocycles. The predicted molar refractivity (Wildman–Crippen MR) is 70.1 cm³/mol. The second-order valence-corrected chi connectivity index (χ2v) is 5.28. The smallest absolute Gasteiger partial charge is 0.0465 e. The fraction of sp³-hybridized carbons (Fsp3) is 0.538. The summed E-state index contributed by atoms with van der Waals surface area (Å²) in [5.74, 6) is 1.02. The first-order chi connectivity index (χ1) is 7.77. The van der Waals surface area contributed by atoms with E-state index in [1.807, 2.05) is 18.2 Å². The molecule has 0 aromatic heterocycles. The van der Waals surface area contributed by atoms with Crippen molar-refractivity contribution in [3.8, 4) is 0 Å². The summed E-state index contributed by atoms with van der Waals surface area (Å²) in [5.41, 5.74) is 1.01. The molecule has 0 bridgehead atoms. The summed E-state index contributed by atoms with van der Waals surface area (Å²) in [7, 11) is 0. The molecule has 1 N–H and O–H groups in total. The van der Waals surface area contributed by atoms with E-state index in [0.717, 1.165) is 34.6 Å². The Kier molecular flexibility index (Phi) is 4.51. The van der Waals surface area contributed by atoms with E-state index in [9.17, 15) is 0 Å². The zero-order valence-corrected chi connectivity index (χ0v) is 10.8. The lowest BCUT2D eigenvalue weighted by atomic mass is 10.2. The van der Waals surface area contributed by atoms with E-state index in [1.54, 1.807) is 0 Å². The van der Waals surface area contributed by atoms with E-state index in [2.05, 4.69) is 5.32 Å². The molecule has 1 aromatic rings. The van der Waals surface area contributed by atoms with Crippen LogP contribution >= 0.6 is 23.2 Å². The van der Waals surface area contributed by atoms with Crippen LogP contribution < -0.4 is 5.32 Å². The van der Waals surface area contributed by atoms with Gasteiger partial charge in [-0.25, -0.2) is 0 Å². The van der Waals surface area contributed by atoms with E-state index >= 15 is 0 Å². The third-order valence-corrected chi connectivity index (χ3v) is 3.73. The van der Waals surface area contributed by atoms with Crippen molar-refractivity contribution in [1.82, 2.24) is 5.32 Å². The summed E-state index contributed by atoms with van der Waals surface area (Å²) < 4.78 is 0. The number of rotatable bonds is 6. The Labute approximate surface area is 107 Å². The molecule has 1 fully saturated rings. The normalized spacial score (nSPS) is 15.4. The Hall–Kier alpha value is -0.240. The van der Waals surface area contributed by atoms with Crippen LogP contribution in [0.5, 0.6) is 0 Å². The third kappa shape index (κ3) is 3.65. The molecule has 2 rings (SSSR count). The first-order valence-electron chi connectivity index (χ1n) is 5.91. The second kappa shape index (κ2) is 5.90. The van der Waals surface area contributed by atoms with Crippen LogP contribution in [0.4, 0.5) is 0 Å². The van der Waals surface area contributed by atoms with Gasteiger partial charge in [0.1, 0.15) is 0 Å². The highest BCUT2D eigenvalue weighted by molar-refractivity contribution is 6.35. The van der Waals surface area contributed by atoms with Crippen molar-refractivity contribution in [2.24, 2.45) is 5.92 Å². The summed E-state index contributed by atoms with van der Waals surface area (Å²) in [6.45, 7) is 1.82. The first-order valence-corrected chi connectivity index (χ1v) is 6.66. The molecule has 1 nitrogen and oxygen atoms in total. The molecule has 0 amide bonds. The van der Waals surface area contributed by atoms with Crippen molar-refractivity contribution in [3.05, 3.63) is 33.8 Å². The SMILES string of the molecule is Clc1cccc(Cl)c1CNCCCC1CC1. The van der Waals surface area contributed by atoms with Gasteiger partial charge in [-0.3, -0.25) is 0 Å². The van der Waals surface area contributed by atoms with Crippen molar-refractivity contribution in [2.45, 2.75) is 32.2 Å². The third-order valence-electron chi connectivity index (χ3n) is 3.03. The molecular formula is C13H17Cl2N. The van der Waals surface area contributed by atoms with Gasteiger partial charge in [0, 0.05) is 22.2 Å². The second-order valence-electron chi connectivity index (χ2n) is 4.46. The van der Waals surface area contributed by atoms with Gasteiger partial charge < -0.3 is 5.32 Å². The molecule has 3 heteroatoms. The molecule has 1 aliphatic carbocycles. The van der Waals surface area contributed by atoms with Gasteiger partial charge in [0.2, 0.25) is 0 Å². The number of hydrogen-bond acceptors (Lipinski definition) is 1. The van der Waals surface area contributed by atoms with Crippen LogP contribution in [0.15, 0.2) is 18.2 Å². The van der Waals surface area contributed by atoms with E-state index < -0.39 is 0 Å². The largest absolute Gasteiger partial charge is 0.313 e. The molecule has 0 unspecified atom stereocenters. The van der Waals surface area contributed by atoms with Gasteiger partial charge >= 0.3 is 0 Å². The minimum atomic E-state index is 0.752. The lowest BCUT2D eigenvalue weighted by molar-refractivity contribution is 0.594. The minimum absolute atomic E-state index is 0.752. The van der Waals surface area contributed by atoms with Gasteiger partial charge in [0.25, 0.3) is 0 Å². The molecule has 16 heavy (non-hydrogen) atoms. The number of benzene rings is 1. The highest BCUT2D eigenvalue weighted by atomic mass is 35.5. The van der Waals surface area contributed by atoms with Gasteiger partial charge in [0.15, 0.2) is 0 Å². The van der Waals surface area contributed by atoms with Crippen LogP contribution in [0.3, 0.4) is 0 Å². The number of nitrogens with one attached hydrogen (secondary N) is 1. The molecule has 0 spiro atoms. The monoisotopic (exact) mass is 257 g/mol. The van der Waals surface area contributed by atoms with Gasteiger partial charge in [-0.1, -0.05) is 42.1 Å². The van der Waals surface area contributed by atoms with E-state index in [-0.39, 0.29) is 0 Å². The molecule has 88 valence electrons. The van der Waals surface area contributed by atoms with Crippen LogP contribution in [0.25, 0.3) is 0 Å². The molecule has 0 heterocycles. The fourth-order valence-corrected chi connectivity index (χ4v) is 2.37. The van der Waals surface area contributed by atoms with Crippen molar-refractivity contribution >= 4 is 23.2 Å². The lowest BCUT2D eigenvalue weighted by Crippen LogP contribution is -2.15. The average Bonchev–Trinajstić information content (AvgIpc) is 3.05. The quantitative estimate of drug-likeness (QED) is 0.751. The summed E-state index contributed by atoms with van der Waals surface area (Å²) in [6.07, 6.45) is 5.50. The maximum atomic E-state index is 6.08. The predicted octanol–water partition coefficient (Wildman–Crippen LogP) is 4.27. The zero-order chi connectivity index (χ0) is 11.4. The Bertz CT molecular complexity index is 328. The zero-order valence-electron chi connectivity index (χ0n) is 9.31. The molecule has 0 atom stereocenters. The summed E-state index contributed by atoms with van der Waals surface area (Å²) in [6, 6.07) is 5.64. The summed E-state index contributed by atoms with van der Waals surface area (Å²) in [5, 5.41) is 4.90.